The van der Waals surface area contributed by atoms with Crippen molar-refractivity contribution in [2.24, 2.45) is 5.73 Å². The maximum Gasteiger partial charge on any atom is 0.225 e. The van der Waals surface area contributed by atoms with Crippen molar-refractivity contribution in [3.63, 3.8) is 0 Å². The highest BCUT2D eigenvalue weighted by Crippen LogP contribution is 2.21. The summed E-state index contributed by atoms with van der Waals surface area (Å²) < 4.78 is 0. The molecule has 0 radical (unpaired) electrons. The van der Waals surface area contributed by atoms with Gasteiger partial charge in [0.1, 0.15) is 0 Å². The van der Waals surface area contributed by atoms with E-state index in [1.807, 2.05) is 6.07 Å². The summed E-state index contributed by atoms with van der Waals surface area (Å²) in [6, 6.07) is 10.5. The quantitative estimate of drug-likeness (QED) is 0.889. The summed E-state index contributed by atoms with van der Waals surface area (Å²) in [4.78, 5) is 11.1. The van der Waals surface area contributed by atoms with Crippen LogP contribution in [0, 0.1) is 0 Å². The van der Waals surface area contributed by atoms with E-state index >= 15 is 0 Å². The van der Waals surface area contributed by atoms with Crippen LogP contribution < -0.4 is 10.6 Å². The van der Waals surface area contributed by atoms with Crippen LogP contribution in [0.5, 0.6) is 0 Å². The molecule has 0 aliphatic carbocycles. The van der Waals surface area contributed by atoms with Gasteiger partial charge in [-0.05, 0) is 30.0 Å². The summed E-state index contributed by atoms with van der Waals surface area (Å²) in [5, 5.41) is 0. The van der Waals surface area contributed by atoms with Gasteiger partial charge in [0, 0.05) is 25.8 Å². The number of nitrogens with two attached hydrogens (primary N) is 1. The topological polar surface area (TPSA) is 55.0 Å². The molecule has 1 aliphatic rings. The predicted octanol–water partition coefficient (Wildman–Crippen LogP) is 1.89. The fourth-order valence-electron chi connectivity index (χ4n) is 2.52. The Bertz CT molecular complexity index is 568. The lowest BCUT2D eigenvalue weighted by molar-refractivity contribution is 0.735. The Morgan fingerprint density at radius 3 is 2.84 bits per heavy atom. The summed E-state index contributed by atoms with van der Waals surface area (Å²) in [7, 11) is 0. The Morgan fingerprint density at radius 1 is 1.16 bits per heavy atom. The Kier molecular flexibility index (Phi) is 3.42. The summed E-state index contributed by atoms with van der Waals surface area (Å²) in [6.45, 7) is 2.33. The average Bonchev–Trinajstić information content (AvgIpc) is 2.69. The van der Waals surface area contributed by atoms with Gasteiger partial charge >= 0.3 is 0 Å². The SMILES string of the molecule is NCc1ccnc(N2CCCc3ccccc3C2)n1. The zero-order chi connectivity index (χ0) is 13.1. The molecular formula is C15H18N4. The molecule has 98 valence electrons. The molecule has 3 rings (SSSR count). The fraction of sp³-hybridized carbons (Fsp3) is 0.333. The number of hydrogen-bond donors (Lipinski definition) is 1. The van der Waals surface area contributed by atoms with Crippen LogP contribution in [-0.4, -0.2) is 16.5 Å². The van der Waals surface area contributed by atoms with E-state index in [9.17, 15) is 0 Å². The van der Waals surface area contributed by atoms with Crippen molar-refractivity contribution in [1.82, 2.24) is 9.97 Å². The van der Waals surface area contributed by atoms with Gasteiger partial charge in [0.05, 0.1) is 5.69 Å². The standard InChI is InChI=1S/C15H18N4/c16-10-14-7-8-17-15(18-14)19-9-3-6-12-4-1-2-5-13(12)11-19/h1-2,4-5,7-8H,3,6,9-11,16H2. The second-order valence-corrected chi connectivity index (χ2v) is 4.85. The lowest BCUT2D eigenvalue weighted by Gasteiger charge is -2.21. The second-order valence-electron chi connectivity index (χ2n) is 4.85. The highest BCUT2D eigenvalue weighted by atomic mass is 15.2. The minimum absolute atomic E-state index is 0.458. The molecule has 0 spiro atoms. The second kappa shape index (κ2) is 5.36. The van der Waals surface area contributed by atoms with Gasteiger partial charge in [0.25, 0.3) is 0 Å². The predicted molar refractivity (Wildman–Crippen MR) is 75.7 cm³/mol. The maximum absolute atomic E-state index is 5.65. The number of anilines is 1. The molecule has 0 atom stereocenters. The molecule has 1 aliphatic heterocycles. The molecule has 0 saturated carbocycles. The van der Waals surface area contributed by atoms with E-state index in [1.54, 1.807) is 6.20 Å². The zero-order valence-electron chi connectivity index (χ0n) is 10.9. The van der Waals surface area contributed by atoms with Gasteiger partial charge < -0.3 is 10.6 Å². The Labute approximate surface area is 113 Å². The largest absolute Gasteiger partial charge is 0.336 e. The van der Waals surface area contributed by atoms with Gasteiger partial charge in [-0.15, -0.1) is 0 Å². The number of fused-ring (bicyclic) bond motifs is 1. The number of nitrogens with zero attached hydrogens (tertiary/aromatic N) is 3. The summed E-state index contributed by atoms with van der Waals surface area (Å²) in [6.07, 6.45) is 4.05. The normalized spacial score (nSPS) is 14.9. The molecule has 2 aromatic rings. The van der Waals surface area contributed by atoms with E-state index in [0.717, 1.165) is 37.6 Å². The van der Waals surface area contributed by atoms with E-state index < -0.39 is 0 Å². The van der Waals surface area contributed by atoms with Crippen molar-refractivity contribution in [3.8, 4) is 0 Å². The molecule has 0 saturated heterocycles. The van der Waals surface area contributed by atoms with E-state index in [0.29, 0.717) is 6.54 Å². The van der Waals surface area contributed by atoms with Crippen molar-refractivity contribution in [1.29, 1.82) is 0 Å². The Balaban J connectivity index is 1.89. The minimum Gasteiger partial charge on any atom is -0.336 e. The summed E-state index contributed by atoms with van der Waals surface area (Å²) in [5.41, 5.74) is 9.36. The lowest BCUT2D eigenvalue weighted by atomic mass is 10.0. The third-order valence-corrected chi connectivity index (χ3v) is 3.55. The maximum atomic E-state index is 5.65. The van der Waals surface area contributed by atoms with Crippen molar-refractivity contribution in [2.45, 2.75) is 25.9 Å². The Hall–Kier alpha value is -1.94. The van der Waals surface area contributed by atoms with E-state index in [2.05, 4.69) is 39.1 Å². The first kappa shape index (κ1) is 12.1. The van der Waals surface area contributed by atoms with Crippen LogP contribution in [0.4, 0.5) is 5.95 Å². The van der Waals surface area contributed by atoms with Crippen molar-refractivity contribution >= 4 is 5.95 Å². The summed E-state index contributed by atoms with van der Waals surface area (Å²) in [5.74, 6) is 0.791. The van der Waals surface area contributed by atoms with Crippen LogP contribution in [-0.2, 0) is 19.5 Å². The zero-order valence-corrected chi connectivity index (χ0v) is 10.9. The number of rotatable bonds is 2. The number of benzene rings is 1. The van der Waals surface area contributed by atoms with Gasteiger partial charge in [0.15, 0.2) is 0 Å². The molecule has 0 unspecified atom stereocenters. The van der Waals surface area contributed by atoms with Gasteiger partial charge in [-0.2, -0.15) is 0 Å². The van der Waals surface area contributed by atoms with Crippen LogP contribution in [0.25, 0.3) is 0 Å². The first-order chi connectivity index (χ1) is 9.36. The van der Waals surface area contributed by atoms with Gasteiger partial charge in [0.2, 0.25) is 5.95 Å². The van der Waals surface area contributed by atoms with E-state index in [1.165, 1.54) is 11.1 Å². The van der Waals surface area contributed by atoms with Crippen molar-refractivity contribution in [2.75, 3.05) is 11.4 Å². The average molecular weight is 254 g/mol. The third-order valence-electron chi connectivity index (χ3n) is 3.55. The fourth-order valence-corrected chi connectivity index (χ4v) is 2.52. The summed E-state index contributed by atoms with van der Waals surface area (Å²) >= 11 is 0. The molecular weight excluding hydrogens is 236 g/mol. The third kappa shape index (κ3) is 2.58. The molecule has 4 nitrogen and oxygen atoms in total. The number of aromatic nitrogens is 2. The molecule has 1 aromatic carbocycles. The number of aryl methyl sites for hydroxylation is 1. The molecule has 4 heteroatoms. The Morgan fingerprint density at radius 2 is 2.00 bits per heavy atom. The van der Waals surface area contributed by atoms with Crippen molar-refractivity contribution in [3.05, 3.63) is 53.3 Å². The first-order valence-electron chi connectivity index (χ1n) is 6.70. The van der Waals surface area contributed by atoms with E-state index in [4.69, 9.17) is 5.73 Å². The van der Waals surface area contributed by atoms with Crippen LogP contribution in [0.15, 0.2) is 36.5 Å². The molecule has 2 heterocycles. The molecule has 0 bridgehead atoms. The monoisotopic (exact) mass is 254 g/mol. The highest BCUT2D eigenvalue weighted by Gasteiger charge is 2.16. The highest BCUT2D eigenvalue weighted by molar-refractivity contribution is 5.37. The minimum atomic E-state index is 0.458. The van der Waals surface area contributed by atoms with Crippen LogP contribution >= 0.6 is 0 Å². The molecule has 19 heavy (non-hydrogen) atoms. The van der Waals surface area contributed by atoms with Crippen LogP contribution in [0.2, 0.25) is 0 Å². The molecule has 2 N–H and O–H groups in total. The molecule has 0 fully saturated rings. The van der Waals surface area contributed by atoms with Crippen LogP contribution in [0.3, 0.4) is 0 Å². The molecule has 1 aromatic heterocycles. The van der Waals surface area contributed by atoms with E-state index in [-0.39, 0.29) is 0 Å². The molecule has 0 amide bonds. The smallest absolute Gasteiger partial charge is 0.225 e. The first-order valence-corrected chi connectivity index (χ1v) is 6.70. The van der Waals surface area contributed by atoms with Gasteiger partial charge in [-0.3, -0.25) is 0 Å². The van der Waals surface area contributed by atoms with Gasteiger partial charge in [-0.1, -0.05) is 24.3 Å². The van der Waals surface area contributed by atoms with Crippen molar-refractivity contribution < 1.29 is 0 Å². The number of hydrogen-bond acceptors (Lipinski definition) is 4. The lowest BCUT2D eigenvalue weighted by Crippen LogP contribution is -2.25. The van der Waals surface area contributed by atoms with Crippen LogP contribution in [0.1, 0.15) is 23.2 Å². The van der Waals surface area contributed by atoms with Gasteiger partial charge in [-0.25, -0.2) is 9.97 Å².